The van der Waals surface area contributed by atoms with Crippen LogP contribution in [0.25, 0.3) is 0 Å². The van der Waals surface area contributed by atoms with Gasteiger partial charge in [0.15, 0.2) is 37.7 Å². The van der Waals surface area contributed by atoms with E-state index in [1.165, 1.54) is 0 Å². The summed E-state index contributed by atoms with van der Waals surface area (Å²) in [5.74, 6) is 0. The first-order valence-electron chi connectivity index (χ1n) is 21.1. The molecule has 0 spiro atoms. The van der Waals surface area contributed by atoms with Gasteiger partial charge in [0, 0.05) is 0 Å². The summed E-state index contributed by atoms with van der Waals surface area (Å²) in [7, 11) is 0. The van der Waals surface area contributed by atoms with Crippen molar-refractivity contribution in [3.8, 4) is 0 Å². The Bertz CT molecular complexity index is 1510. The molecular weight excluding hydrogens is 928 g/mol. The van der Waals surface area contributed by atoms with Crippen molar-refractivity contribution in [2.24, 2.45) is 0 Å². The molecule has 0 amide bonds. The van der Waals surface area contributed by atoms with Crippen molar-refractivity contribution in [3.63, 3.8) is 0 Å². The zero-order valence-corrected chi connectivity index (χ0v) is 35.0. The molecule has 0 bridgehead atoms. The summed E-state index contributed by atoms with van der Waals surface area (Å²) >= 11 is 0. The van der Waals surface area contributed by atoms with Crippen LogP contribution in [0.15, 0.2) is 0 Å². The lowest BCUT2D eigenvalue weighted by molar-refractivity contribution is -0.352. The van der Waals surface area contributed by atoms with Crippen LogP contribution in [-0.2, 0) is 52.1 Å². The van der Waals surface area contributed by atoms with Crippen molar-refractivity contribution in [2.75, 3.05) is 39.6 Å². The van der Waals surface area contributed by atoms with E-state index in [9.17, 15) is 102 Å². The van der Waals surface area contributed by atoms with E-state index in [1.54, 1.807) is 0 Å². The molecule has 0 aromatic rings. The summed E-state index contributed by atoms with van der Waals surface area (Å²) in [5.41, 5.74) is 0. The third kappa shape index (κ3) is 12.0. The first-order valence-corrected chi connectivity index (χ1v) is 21.1. The summed E-state index contributed by atoms with van der Waals surface area (Å²) in [4.78, 5) is 0. The van der Waals surface area contributed by atoms with Crippen molar-refractivity contribution >= 4 is 0 Å². The van der Waals surface area contributed by atoms with Crippen LogP contribution in [0.2, 0.25) is 0 Å². The molecular formula is C36H62O31. The third-order valence-corrected chi connectivity index (χ3v) is 12.3. The molecule has 6 aliphatic heterocycles. The first-order chi connectivity index (χ1) is 31.6. The predicted octanol–water partition coefficient (Wildman–Crippen LogP) is -14.1. The van der Waals surface area contributed by atoms with Crippen LogP contribution >= 0.6 is 0 Å². The number of ether oxygens (including phenoxy) is 11. The second-order valence-electron chi connectivity index (χ2n) is 17.0. The molecule has 0 saturated carbocycles. The van der Waals surface area contributed by atoms with Gasteiger partial charge >= 0.3 is 0 Å². The summed E-state index contributed by atoms with van der Waals surface area (Å²) in [5, 5.41) is 206. The molecule has 6 fully saturated rings. The van der Waals surface area contributed by atoms with E-state index in [0.717, 1.165) is 0 Å². The van der Waals surface area contributed by atoms with Gasteiger partial charge in [-0.25, -0.2) is 0 Å². The van der Waals surface area contributed by atoms with E-state index in [1.807, 2.05) is 0 Å². The third-order valence-electron chi connectivity index (χ3n) is 12.3. The van der Waals surface area contributed by atoms with E-state index >= 15 is 0 Å². The van der Waals surface area contributed by atoms with E-state index < -0.39 is 224 Å². The molecule has 6 rings (SSSR count). The monoisotopic (exact) mass is 990 g/mol. The van der Waals surface area contributed by atoms with E-state index in [4.69, 9.17) is 52.1 Å². The molecule has 0 unspecified atom stereocenters. The molecule has 30 atom stereocenters. The van der Waals surface area contributed by atoms with Gasteiger partial charge in [-0.3, -0.25) is 0 Å². The second kappa shape index (κ2) is 23.5. The Balaban J connectivity index is 1.01. The number of aliphatic hydroxyl groups excluding tert-OH is 20. The minimum atomic E-state index is -2.01. The molecule has 31 nitrogen and oxygen atoms in total. The summed E-state index contributed by atoms with van der Waals surface area (Å²) in [6, 6.07) is 0. The minimum absolute atomic E-state index is 0.692. The number of rotatable bonds is 16. The number of hydrogen-bond donors (Lipinski definition) is 20. The average Bonchev–Trinajstić information content (AvgIpc) is 3.31. The predicted molar refractivity (Wildman–Crippen MR) is 199 cm³/mol. The fraction of sp³-hybridized carbons (Fsp3) is 1.00. The first kappa shape index (κ1) is 55.1. The second-order valence-corrected chi connectivity index (χ2v) is 17.0. The SMILES string of the molecule is OC[C@H]1O[C@H](OC[C@H]2O[C@H](OC[C@H]3O[C@H](OC[C@H]4O[C@H](OC[C@H]5O[C@H](OC[C@H]6O[C@@H](O)[C@H](O)[C@@H](O)[C@@H]6O)[C@H](O)[C@@H](O)[C@@H]5O)[C@H](O)[C@@H](O)[C@@H]4O)[C@H](O)[C@@H](O)[C@@H]3O)[C@H](O)[C@@H](O)[C@@H]2O)[C@H](O)[C@@H](O)[C@@H]1O. The van der Waals surface area contributed by atoms with Crippen LogP contribution in [-0.4, -0.2) is 326 Å². The zero-order valence-electron chi connectivity index (χ0n) is 35.0. The standard InChI is InChI=1S/C36H62O31/c37-1-7-13(38)20(45)26(51)32(63-7)58-3-9-15(40)22(47)28(53)34(65-9)60-5-11-17(42)24(49)30(55)36(67-11)61-6-12-18(43)23(48)29(54)35(66-12)59-4-10-16(41)21(46)27(52)33(64-10)57-2-8-14(39)19(44)25(50)31(56)62-8/h7-56H,1-6H2/t7-,8-,9-,10-,11-,12-,13-,14-,15-,16-,17-,18-,19+,20+,21+,22+,23+,24+,25-,26-,27-,28-,29-,30-,31-,32+,33+,34+,35+,36+/m1/s1. The van der Waals surface area contributed by atoms with Gasteiger partial charge in [0.1, 0.15) is 146 Å². The Morgan fingerprint density at radius 3 is 0.657 bits per heavy atom. The van der Waals surface area contributed by atoms with Gasteiger partial charge in [0.05, 0.1) is 39.6 Å². The largest absolute Gasteiger partial charge is 0.394 e. The van der Waals surface area contributed by atoms with Gasteiger partial charge < -0.3 is 154 Å². The van der Waals surface area contributed by atoms with Crippen LogP contribution in [0, 0.1) is 0 Å². The maximum atomic E-state index is 10.7. The zero-order chi connectivity index (χ0) is 49.3. The highest BCUT2D eigenvalue weighted by molar-refractivity contribution is 4.96. The summed E-state index contributed by atoms with van der Waals surface area (Å²) < 4.78 is 59.7. The molecule has 20 N–H and O–H groups in total. The van der Waals surface area contributed by atoms with Crippen LogP contribution in [0.3, 0.4) is 0 Å². The molecule has 6 aliphatic rings. The molecule has 6 saturated heterocycles. The Labute approximate surface area is 378 Å². The topological polar surface area (TPSA) is 506 Å². The highest BCUT2D eigenvalue weighted by atomic mass is 16.8. The van der Waals surface area contributed by atoms with Gasteiger partial charge in [0.2, 0.25) is 0 Å². The molecule has 392 valence electrons. The van der Waals surface area contributed by atoms with Crippen molar-refractivity contribution in [2.45, 2.75) is 184 Å². The lowest BCUT2D eigenvalue weighted by Crippen LogP contribution is -2.63. The van der Waals surface area contributed by atoms with Crippen LogP contribution < -0.4 is 0 Å². The van der Waals surface area contributed by atoms with Crippen LogP contribution in [0.5, 0.6) is 0 Å². The molecule has 0 aromatic heterocycles. The van der Waals surface area contributed by atoms with Gasteiger partial charge in [-0.15, -0.1) is 0 Å². The fourth-order valence-electron chi connectivity index (χ4n) is 7.99. The Kier molecular flexibility index (Phi) is 19.4. The lowest BCUT2D eigenvalue weighted by atomic mass is 9.97. The van der Waals surface area contributed by atoms with Gasteiger partial charge in [-0.05, 0) is 0 Å². The average molecular weight is 991 g/mol. The molecule has 31 heteroatoms. The van der Waals surface area contributed by atoms with Crippen LogP contribution in [0.1, 0.15) is 0 Å². The molecule has 0 aliphatic carbocycles. The Morgan fingerprint density at radius 2 is 0.418 bits per heavy atom. The van der Waals surface area contributed by atoms with Crippen molar-refractivity contribution < 1.29 is 154 Å². The van der Waals surface area contributed by atoms with Gasteiger partial charge in [-0.1, -0.05) is 0 Å². The fourth-order valence-corrected chi connectivity index (χ4v) is 7.99. The van der Waals surface area contributed by atoms with E-state index in [-0.39, 0.29) is 0 Å². The highest BCUT2D eigenvalue weighted by Gasteiger charge is 2.52. The van der Waals surface area contributed by atoms with Gasteiger partial charge in [-0.2, -0.15) is 0 Å². The molecule has 6 heterocycles. The summed E-state index contributed by atoms with van der Waals surface area (Å²) in [6.45, 7) is -4.51. The maximum absolute atomic E-state index is 10.7. The maximum Gasteiger partial charge on any atom is 0.186 e. The Morgan fingerprint density at radius 1 is 0.224 bits per heavy atom. The number of hydrogen-bond acceptors (Lipinski definition) is 31. The van der Waals surface area contributed by atoms with Crippen molar-refractivity contribution in [3.05, 3.63) is 0 Å². The molecule has 0 aromatic carbocycles. The number of aliphatic hydroxyl groups is 20. The molecule has 0 radical (unpaired) electrons. The van der Waals surface area contributed by atoms with E-state index in [0.29, 0.717) is 0 Å². The summed E-state index contributed by atoms with van der Waals surface area (Å²) in [6.07, 6.45) is -54.2. The van der Waals surface area contributed by atoms with Crippen molar-refractivity contribution in [1.29, 1.82) is 0 Å². The van der Waals surface area contributed by atoms with Crippen LogP contribution in [0.4, 0.5) is 0 Å². The minimum Gasteiger partial charge on any atom is -0.394 e. The Hall–Kier alpha value is -1.24. The van der Waals surface area contributed by atoms with Crippen molar-refractivity contribution in [1.82, 2.24) is 0 Å². The lowest BCUT2D eigenvalue weighted by Gasteiger charge is -2.44. The quantitative estimate of drug-likeness (QED) is 0.0683. The van der Waals surface area contributed by atoms with E-state index in [2.05, 4.69) is 0 Å². The normalized spacial score (nSPS) is 53.4. The highest BCUT2D eigenvalue weighted by Crippen LogP contribution is 2.31. The molecule has 67 heavy (non-hydrogen) atoms. The smallest absolute Gasteiger partial charge is 0.186 e. The van der Waals surface area contributed by atoms with Gasteiger partial charge in [0.25, 0.3) is 0 Å².